The smallest absolute Gasteiger partial charge is 0.320 e. The fraction of sp³-hybridized carbons (Fsp3) is 0.565. The van der Waals surface area contributed by atoms with Crippen LogP contribution in [-0.2, 0) is 70.7 Å². The number of hydrogen-bond donors (Lipinski definition) is 1. The second-order valence-electron chi connectivity index (χ2n) is 19.4. The molecule has 16 heteroatoms. The predicted octanol–water partition coefficient (Wildman–Crippen LogP) is 7.80. The number of halogens is 2. The first-order valence-corrected chi connectivity index (χ1v) is 22.3. The van der Waals surface area contributed by atoms with E-state index >= 15 is 0 Å². The van der Waals surface area contributed by atoms with Crippen molar-refractivity contribution in [3.05, 3.63) is 85.8 Å². The minimum absolute atomic E-state index is 0.141. The number of nitrogens with two attached hydrogens (primary N) is 1. The number of carbonyl (C=O) groups is 4. The van der Waals surface area contributed by atoms with Crippen molar-refractivity contribution in [1.29, 1.82) is 0 Å². The van der Waals surface area contributed by atoms with Crippen molar-refractivity contribution in [3.8, 4) is 0 Å². The molecule has 1 aromatic carbocycles. The van der Waals surface area contributed by atoms with E-state index in [1.54, 1.807) is 92.9 Å². The van der Waals surface area contributed by atoms with E-state index in [4.69, 9.17) is 34.6 Å². The van der Waals surface area contributed by atoms with Gasteiger partial charge in [0.05, 0.1) is 49.0 Å². The SMILES string of the molecule is CC(C)(C)OC(=O)CN(CC(=O)OC(C)(C)C)Cc1cc(Br)cc(CN(CCc2ccc(N)cc2)Cc2cc(Br)cc(CN(CC(=O)OC(C)(C)C)CC(=O)OC(C)(C)C)n2)n1. The van der Waals surface area contributed by atoms with Crippen molar-refractivity contribution in [3.63, 3.8) is 0 Å². The lowest BCUT2D eigenvalue weighted by Gasteiger charge is -2.27. The van der Waals surface area contributed by atoms with Gasteiger partial charge in [0.2, 0.25) is 0 Å². The highest BCUT2D eigenvalue weighted by atomic mass is 79.9. The Labute approximate surface area is 384 Å². The van der Waals surface area contributed by atoms with E-state index in [-0.39, 0.29) is 39.3 Å². The third-order valence-corrected chi connectivity index (χ3v) is 9.04. The lowest BCUT2D eigenvalue weighted by Crippen LogP contribution is -2.39. The van der Waals surface area contributed by atoms with E-state index in [1.807, 2.05) is 48.5 Å². The van der Waals surface area contributed by atoms with Gasteiger partial charge in [0.1, 0.15) is 22.4 Å². The summed E-state index contributed by atoms with van der Waals surface area (Å²) in [6, 6.07) is 15.4. The van der Waals surface area contributed by atoms with Crippen LogP contribution in [0, 0.1) is 0 Å². The van der Waals surface area contributed by atoms with Crippen LogP contribution < -0.4 is 5.73 Å². The number of nitrogen functional groups attached to an aromatic ring is 1. The highest BCUT2D eigenvalue weighted by Gasteiger charge is 2.26. The summed E-state index contributed by atoms with van der Waals surface area (Å²) < 4.78 is 23.9. The molecular formula is C46H66Br2N6O8. The number of esters is 4. The molecule has 0 aliphatic rings. The van der Waals surface area contributed by atoms with E-state index in [0.717, 1.165) is 25.9 Å². The van der Waals surface area contributed by atoms with Gasteiger partial charge in [-0.25, -0.2) is 0 Å². The summed E-state index contributed by atoms with van der Waals surface area (Å²) in [6.07, 6.45) is 0.709. The summed E-state index contributed by atoms with van der Waals surface area (Å²) in [6.45, 7) is 22.8. The maximum absolute atomic E-state index is 13.0. The van der Waals surface area contributed by atoms with Crippen molar-refractivity contribution in [2.24, 2.45) is 0 Å². The summed E-state index contributed by atoms with van der Waals surface area (Å²) >= 11 is 7.34. The fourth-order valence-electron chi connectivity index (χ4n) is 6.20. The van der Waals surface area contributed by atoms with Gasteiger partial charge >= 0.3 is 23.9 Å². The van der Waals surface area contributed by atoms with Crippen molar-refractivity contribution in [2.45, 2.75) is 138 Å². The molecule has 2 aromatic heterocycles. The van der Waals surface area contributed by atoms with Gasteiger partial charge in [0, 0.05) is 47.4 Å². The first-order valence-electron chi connectivity index (χ1n) is 20.7. The zero-order valence-electron chi connectivity index (χ0n) is 38.5. The average molecular weight is 991 g/mol. The maximum Gasteiger partial charge on any atom is 0.320 e. The second-order valence-corrected chi connectivity index (χ2v) is 21.2. The maximum atomic E-state index is 13.0. The van der Waals surface area contributed by atoms with E-state index in [2.05, 4.69) is 36.8 Å². The van der Waals surface area contributed by atoms with Gasteiger partial charge in [-0.05, 0) is 131 Å². The molecule has 0 aliphatic carbocycles. The van der Waals surface area contributed by atoms with Crippen molar-refractivity contribution >= 4 is 61.4 Å². The zero-order chi connectivity index (χ0) is 46.6. The molecule has 0 bridgehead atoms. The van der Waals surface area contributed by atoms with Crippen LogP contribution >= 0.6 is 31.9 Å². The third-order valence-electron chi connectivity index (χ3n) is 8.12. The Morgan fingerprint density at radius 3 is 1.05 bits per heavy atom. The van der Waals surface area contributed by atoms with Crippen LogP contribution in [-0.4, -0.2) is 104 Å². The molecule has 0 fully saturated rings. The minimum atomic E-state index is -0.699. The molecule has 0 unspecified atom stereocenters. The van der Waals surface area contributed by atoms with Crippen LogP contribution in [0.1, 0.15) is 111 Å². The van der Waals surface area contributed by atoms with Crippen molar-refractivity contribution in [2.75, 3.05) is 38.5 Å². The van der Waals surface area contributed by atoms with Gasteiger partial charge in [-0.1, -0.05) is 44.0 Å². The average Bonchev–Trinajstić information content (AvgIpc) is 3.03. The molecule has 0 radical (unpaired) electrons. The summed E-state index contributed by atoms with van der Waals surface area (Å²) in [5.41, 5.74) is 7.74. The molecule has 2 N–H and O–H groups in total. The molecule has 0 amide bonds. The fourth-order valence-corrected chi connectivity index (χ4v) is 7.26. The quantitative estimate of drug-likeness (QED) is 0.0702. The molecule has 14 nitrogen and oxygen atoms in total. The van der Waals surface area contributed by atoms with Crippen LogP contribution in [0.25, 0.3) is 0 Å². The van der Waals surface area contributed by atoms with E-state index in [9.17, 15) is 19.2 Å². The van der Waals surface area contributed by atoms with Crippen LogP contribution in [0.15, 0.2) is 57.5 Å². The molecule has 342 valence electrons. The Morgan fingerprint density at radius 1 is 0.500 bits per heavy atom. The molecule has 62 heavy (non-hydrogen) atoms. The largest absolute Gasteiger partial charge is 0.459 e. The van der Waals surface area contributed by atoms with E-state index in [1.165, 1.54) is 0 Å². The minimum Gasteiger partial charge on any atom is -0.459 e. The van der Waals surface area contributed by atoms with Crippen LogP contribution in [0.3, 0.4) is 0 Å². The Bertz CT molecular complexity index is 1810. The summed E-state index contributed by atoms with van der Waals surface area (Å²) in [4.78, 5) is 67.5. The Balaban J connectivity index is 1.94. The second kappa shape index (κ2) is 22.6. The van der Waals surface area contributed by atoms with Gasteiger partial charge in [-0.15, -0.1) is 0 Å². The normalized spacial score (nSPS) is 12.5. The highest BCUT2D eigenvalue weighted by molar-refractivity contribution is 9.10. The van der Waals surface area contributed by atoms with E-state index < -0.39 is 46.3 Å². The van der Waals surface area contributed by atoms with Crippen LogP contribution in [0.5, 0.6) is 0 Å². The van der Waals surface area contributed by atoms with Crippen LogP contribution in [0.4, 0.5) is 5.69 Å². The molecule has 0 aliphatic heterocycles. The topological polar surface area (TPSA) is 167 Å². The van der Waals surface area contributed by atoms with Gasteiger partial charge in [0.25, 0.3) is 0 Å². The van der Waals surface area contributed by atoms with Crippen molar-refractivity contribution in [1.82, 2.24) is 24.7 Å². The molecule has 0 spiro atoms. The van der Waals surface area contributed by atoms with Gasteiger partial charge < -0.3 is 24.7 Å². The summed E-state index contributed by atoms with van der Waals surface area (Å²) in [7, 11) is 0. The predicted molar refractivity (Wildman–Crippen MR) is 246 cm³/mol. The molecule has 3 aromatic rings. The molecular weight excluding hydrogens is 924 g/mol. The number of hydrogen-bond acceptors (Lipinski definition) is 14. The van der Waals surface area contributed by atoms with Gasteiger partial charge in [0.15, 0.2) is 0 Å². The monoisotopic (exact) mass is 988 g/mol. The Kier molecular flexibility index (Phi) is 19.1. The number of carbonyl (C=O) groups excluding carboxylic acids is 4. The lowest BCUT2D eigenvalue weighted by molar-refractivity contribution is -0.162. The first-order chi connectivity index (χ1) is 28.5. The number of anilines is 1. The highest BCUT2D eigenvalue weighted by Crippen LogP contribution is 2.21. The molecule has 0 saturated carbocycles. The Morgan fingerprint density at radius 2 is 0.774 bits per heavy atom. The zero-order valence-corrected chi connectivity index (χ0v) is 41.7. The van der Waals surface area contributed by atoms with Gasteiger partial charge in [-0.2, -0.15) is 0 Å². The Hall–Kier alpha value is -3.96. The van der Waals surface area contributed by atoms with Crippen LogP contribution in [0.2, 0.25) is 0 Å². The van der Waals surface area contributed by atoms with Crippen molar-refractivity contribution < 1.29 is 38.1 Å². The number of ether oxygens (including phenoxy) is 4. The lowest BCUT2D eigenvalue weighted by atomic mass is 10.1. The number of nitrogens with zero attached hydrogens (tertiary/aromatic N) is 5. The number of aromatic nitrogens is 2. The standard InChI is InChI=1S/C46H66Br2N6O8/c1-43(2,3)59-39(55)27-53(28-40(56)60-44(4,5)6)25-37-21-32(47)19-35(50-37)23-52(18-17-31-13-15-34(49)16-14-31)24-36-20-33(48)22-38(51-36)26-54(29-41(57)61-45(7,8)9)30-42(58)62-46(10,11)12/h13-16,19-22H,17-18,23-30,49H2,1-12H3. The number of benzene rings is 1. The first kappa shape index (κ1) is 52.4. The third kappa shape index (κ3) is 22.4. The number of pyridine rings is 2. The molecule has 0 saturated heterocycles. The molecule has 3 rings (SSSR count). The molecule has 2 heterocycles. The van der Waals surface area contributed by atoms with E-state index in [0.29, 0.717) is 43.1 Å². The van der Waals surface area contributed by atoms with Gasteiger partial charge in [-0.3, -0.25) is 43.8 Å². The number of rotatable bonds is 19. The summed E-state index contributed by atoms with van der Waals surface area (Å²) in [5, 5.41) is 0. The summed E-state index contributed by atoms with van der Waals surface area (Å²) in [5.74, 6) is -1.87. The molecule has 0 atom stereocenters.